The summed E-state index contributed by atoms with van der Waals surface area (Å²) in [7, 11) is 0. The van der Waals surface area contributed by atoms with E-state index in [1.807, 2.05) is 12.1 Å². The average molecular weight is 289 g/mol. The van der Waals surface area contributed by atoms with E-state index in [-0.39, 0.29) is 11.7 Å². The standard InChI is InChI=1S/C16H23N3O2/c1-3-4-5-6-9-12(2)17-15-14(16(20)21)19-11-8-7-10-13(19)18-15/h7-8,10-12,17H,3-6,9H2,1-2H3,(H,20,21). The number of rotatable bonds is 8. The average Bonchev–Trinajstić information content (AvgIpc) is 2.81. The van der Waals surface area contributed by atoms with Crippen LogP contribution >= 0.6 is 0 Å². The molecule has 2 heterocycles. The van der Waals surface area contributed by atoms with Crippen LogP contribution in [0.3, 0.4) is 0 Å². The van der Waals surface area contributed by atoms with E-state index >= 15 is 0 Å². The number of carbonyl (C=O) groups is 1. The number of imidazole rings is 1. The highest BCUT2D eigenvalue weighted by atomic mass is 16.4. The minimum Gasteiger partial charge on any atom is -0.476 e. The third-order valence-corrected chi connectivity index (χ3v) is 3.61. The van der Waals surface area contributed by atoms with Crippen molar-refractivity contribution in [1.29, 1.82) is 0 Å². The topological polar surface area (TPSA) is 66.6 Å². The van der Waals surface area contributed by atoms with Crippen molar-refractivity contribution >= 4 is 17.4 Å². The number of nitrogens with one attached hydrogen (secondary N) is 1. The van der Waals surface area contributed by atoms with Crippen LogP contribution in [-0.2, 0) is 0 Å². The first-order chi connectivity index (χ1) is 10.1. The Balaban J connectivity index is 2.10. The number of hydrogen-bond donors (Lipinski definition) is 2. The van der Waals surface area contributed by atoms with Crippen LogP contribution in [0, 0.1) is 0 Å². The highest BCUT2D eigenvalue weighted by Crippen LogP contribution is 2.19. The Hall–Kier alpha value is -2.04. The molecule has 0 aliphatic carbocycles. The molecule has 2 rings (SSSR count). The summed E-state index contributed by atoms with van der Waals surface area (Å²) in [6.45, 7) is 4.26. The number of fused-ring (bicyclic) bond motifs is 1. The summed E-state index contributed by atoms with van der Waals surface area (Å²) in [5.41, 5.74) is 0.849. The molecule has 0 aliphatic heterocycles. The summed E-state index contributed by atoms with van der Waals surface area (Å²) in [4.78, 5) is 15.9. The lowest BCUT2D eigenvalue weighted by molar-refractivity contribution is 0.0690. The molecule has 0 amide bonds. The lowest BCUT2D eigenvalue weighted by Crippen LogP contribution is -2.17. The molecule has 0 saturated heterocycles. The number of carboxylic acids is 1. The minimum atomic E-state index is -0.964. The van der Waals surface area contributed by atoms with Gasteiger partial charge in [-0.15, -0.1) is 0 Å². The van der Waals surface area contributed by atoms with Gasteiger partial charge in [-0.3, -0.25) is 4.40 Å². The van der Waals surface area contributed by atoms with Gasteiger partial charge in [0.05, 0.1) is 0 Å². The molecule has 1 unspecified atom stereocenters. The van der Waals surface area contributed by atoms with Crippen molar-refractivity contribution in [2.45, 2.75) is 52.0 Å². The van der Waals surface area contributed by atoms with Gasteiger partial charge in [0.2, 0.25) is 0 Å². The van der Waals surface area contributed by atoms with Crippen LogP contribution in [0.25, 0.3) is 5.65 Å². The molecule has 0 aliphatic rings. The Bertz CT molecular complexity index is 607. The zero-order valence-corrected chi connectivity index (χ0v) is 12.7. The van der Waals surface area contributed by atoms with E-state index in [0.717, 1.165) is 12.8 Å². The molecule has 0 aromatic carbocycles. The van der Waals surface area contributed by atoms with Crippen LogP contribution in [0.5, 0.6) is 0 Å². The van der Waals surface area contributed by atoms with Crippen molar-refractivity contribution in [2.75, 3.05) is 5.32 Å². The van der Waals surface area contributed by atoms with E-state index in [2.05, 4.69) is 24.1 Å². The molecule has 0 bridgehead atoms. The summed E-state index contributed by atoms with van der Waals surface area (Å²) in [6.07, 6.45) is 7.59. The number of carboxylic acid groups (broad SMARTS) is 1. The third kappa shape index (κ3) is 3.74. The van der Waals surface area contributed by atoms with Crippen molar-refractivity contribution in [3.05, 3.63) is 30.1 Å². The second kappa shape index (κ2) is 7.11. The summed E-state index contributed by atoms with van der Waals surface area (Å²) in [6, 6.07) is 5.68. The van der Waals surface area contributed by atoms with E-state index in [1.165, 1.54) is 19.3 Å². The van der Waals surface area contributed by atoms with Crippen LogP contribution in [0.1, 0.15) is 56.4 Å². The Morgan fingerprint density at radius 3 is 2.90 bits per heavy atom. The molecule has 5 nitrogen and oxygen atoms in total. The van der Waals surface area contributed by atoms with E-state index < -0.39 is 5.97 Å². The molecule has 5 heteroatoms. The number of unbranched alkanes of at least 4 members (excludes halogenated alkanes) is 3. The van der Waals surface area contributed by atoms with Crippen LogP contribution in [0.15, 0.2) is 24.4 Å². The lowest BCUT2D eigenvalue weighted by atomic mass is 10.1. The monoisotopic (exact) mass is 289 g/mol. The molecule has 0 radical (unpaired) electrons. The van der Waals surface area contributed by atoms with Crippen molar-refractivity contribution in [3.63, 3.8) is 0 Å². The Kier molecular flexibility index (Phi) is 5.20. The van der Waals surface area contributed by atoms with Crippen LogP contribution < -0.4 is 5.32 Å². The number of pyridine rings is 1. The molecular weight excluding hydrogens is 266 g/mol. The van der Waals surface area contributed by atoms with Gasteiger partial charge < -0.3 is 10.4 Å². The molecule has 0 fully saturated rings. The van der Waals surface area contributed by atoms with Crippen molar-refractivity contribution in [2.24, 2.45) is 0 Å². The van der Waals surface area contributed by atoms with Gasteiger partial charge in [0.15, 0.2) is 11.5 Å². The van der Waals surface area contributed by atoms with Gasteiger partial charge in [-0.25, -0.2) is 9.78 Å². The van der Waals surface area contributed by atoms with Gasteiger partial charge in [-0.05, 0) is 25.5 Å². The number of anilines is 1. The Morgan fingerprint density at radius 2 is 2.19 bits per heavy atom. The van der Waals surface area contributed by atoms with Gasteiger partial charge in [-0.2, -0.15) is 0 Å². The summed E-state index contributed by atoms with van der Waals surface area (Å²) < 4.78 is 1.61. The maximum atomic E-state index is 11.5. The van der Waals surface area contributed by atoms with Crippen molar-refractivity contribution in [1.82, 2.24) is 9.38 Å². The first kappa shape index (κ1) is 15.4. The largest absolute Gasteiger partial charge is 0.476 e. The predicted molar refractivity (Wildman–Crippen MR) is 84.0 cm³/mol. The van der Waals surface area contributed by atoms with E-state index in [4.69, 9.17) is 0 Å². The summed E-state index contributed by atoms with van der Waals surface area (Å²) in [5, 5.41) is 12.7. The first-order valence-electron chi connectivity index (χ1n) is 7.60. The first-order valence-corrected chi connectivity index (χ1v) is 7.60. The molecule has 0 saturated carbocycles. The molecule has 0 spiro atoms. The normalized spacial score (nSPS) is 12.5. The second-order valence-corrected chi connectivity index (χ2v) is 5.44. The minimum absolute atomic E-state index is 0.200. The molecule has 21 heavy (non-hydrogen) atoms. The lowest BCUT2D eigenvalue weighted by Gasteiger charge is -2.13. The Labute approximate surface area is 125 Å². The van der Waals surface area contributed by atoms with Gasteiger partial charge in [0.1, 0.15) is 5.65 Å². The van der Waals surface area contributed by atoms with Gasteiger partial charge >= 0.3 is 5.97 Å². The summed E-state index contributed by atoms with van der Waals surface area (Å²) in [5.74, 6) is -0.508. The fourth-order valence-electron chi connectivity index (χ4n) is 2.48. The van der Waals surface area contributed by atoms with Crippen LogP contribution in [0.2, 0.25) is 0 Å². The molecule has 2 N–H and O–H groups in total. The quantitative estimate of drug-likeness (QED) is 0.725. The zero-order valence-electron chi connectivity index (χ0n) is 12.7. The zero-order chi connectivity index (χ0) is 15.2. The highest BCUT2D eigenvalue weighted by Gasteiger charge is 2.19. The maximum Gasteiger partial charge on any atom is 0.356 e. The van der Waals surface area contributed by atoms with Crippen molar-refractivity contribution in [3.8, 4) is 0 Å². The SMILES string of the molecule is CCCCCCC(C)Nc1nc2ccccn2c1C(=O)O. The van der Waals surface area contributed by atoms with E-state index in [9.17, 15) is 9.90 Å². The second-order valence-electron chi connectivity index (χ2n) is 5.44. The number of aromatic nitrogens is 2. The number of aromatic carboxylic acids is 1. The van der Waals surface area contributed by atoms with Gasteiger partial charge in [0.25, 0.3) is 0 Å². The number of nitrogens with zero attached hydrogens (tertiary/aromatic N) is 2. The molecule has 114 valence electrons. The predicted octanol–water partition coefficient (Wildman–Crippen LogP) is 3.80. The Morgan fingerprint density at radius 1 is 1.38 bits per heavy atom. The van der Waals surface area contributed by atoms with Crippen LogP contribution in [0.4, 0.5) is 5.82 Å². The maximum absolute atomic E-state index is 11.5. The van der Waals surface area contributed by atoms with E-state index in [0.29, 0.717) is 11.5 Å². The van der Waals surface area contributed by atoms with Crippen LogP contribution in [-0.4, -0.2) is 26.5 Å². The highest BCUT2D eigenvalue weighted by molar-refractivity contribution is 5.93. The number of hydrogen-bond acceptors (Lipinski definition) is 3. The molecule has 1 atom stereocenters. The fraction of sp³-hybridized carbons (Fsp3) is 0.500. The third-order valence-electron chi connectivity index (χ3n) is 3.61. The molecule has 2 aromatic rings. The smallest absolute Gasteiger partial charge is 0.356 e. The van der Waals surface area contributed by atoms with Gasteiger partial charge in [0, 0.05) is 12.2 Å². The molecule has 2 aromatic heterocycles. The van der Waals surface area contributed by atoms with Crippen molar-refractivity contribution < 1.29 is 9.90 Å². The summed E-state index contributed by atoms with van der Waals surface area (Å²) >= 11 is 0. The fourth-order valence-corrected chi connectivity index (χ4v) is 2.48. The van der Waals surface area contributed by atoms with E-state index in [1.54, 1.807) is 16.7 Å². The van der Waals surface area contributed by atoms with Gasteiger partial charge in [-0.1, -0.05) is 38.7 Å². The molecular formula is C16H23N3O2.